The number of carbonyl (C=O) groups excluding carboxylic acids is 1. The Bertz CT molecular complexity index is 624. The number of anilines is 1. The number of hydrogen-bond acceptors (Lipinski definition) is 6. The minimum absolute atomic E-state index is 0.0514. The zero-order chi connectivity index (χ0) is 16.7. The number of thioether (sulfide) groups is 1. The zero-order valence-corrected chi connectivity index (χ0v) is 15.2. The van der Waals surface area contributed by atoms with Gasteiger partial charge in [-0.2, -0.15) is 0 Å². The van der Waals surface area contributed by atoms with Gasteiger partial charge in [0.25, 0.3) is 0 Å². The number of rotatable bonds is 7. The van der Waals surface area contributed by atoms with Crippen molar-refractivity contribution in [2.24, 2.45) is 0 Å². The van der Waals surface area contributed by atoms with E-state index in [2.05, 4.69) is 36.3 Å². The average molecular weight is 351 g/mol. The Hall–Kier alpha value is -1.60. The molecule has 0 saturated carbocycles. The largest absolute Gasteiger partial charge is 0.493 e. The summed E-state index contributed by atoms with van der Waals surface area (Å²) < 4.78 is 5.57. The molecule has 0 bridgehead atoms. The van der Waals surface area contributed by atoms with Gasteiger partial charge in [0, 0.05) is 11.2 Å². The third-order valence-electron chi connectivity index (χ3n) is 2.79. The van der Waals surface area contributed by atoms with Crippen molar-refractivity contribution in [3.05, 3.63) is 35.3 Å². The first-order chi connectivity index (χ1) is 10.9. The van der Waals surface area contributed by atoms with Gasteiger partial charge in [0.2, 0.25) is 11.0 Å². The molecule has 23 heavy (non-hydrogen) atoms. The third-order valence-corrected chi connectivity index (χ3v) is 4.97. The van der Waals surface area contributed by atoms with Crippen molar-refractivity contribution < 1.29 is 9.53 Å². The fourth-order valence-electron chi connectivity index (χ4n) is 1.63. The molecule has 0 saturated heterocycles. The van der Waals surface area contributed by atoms with Gasteiger partial charge in [-0.25, -0.2) is 0 Å². The highest BCUT2D eigenvalue weighted by atomic mass is 32.2. The Balaban J connectivity index is 1.64. The summed E-state index contributed by atoms with van der Waals surface area (Å²) in [5, 5.41) is 12.4. The fourth-order valence-corrected chi connectivity index (χ4v) is 3.05. The Morgan fingerprint density at radius 1 is 1.26 bits per heavy atom. The lowest BCUT2D eigenvalue weighted by atomic mass is 9.98. The molecule has 0 aliphatic heterocycles. The summed E-state index contributed by atoms with van der Waals surface area (Å²) in [7, 11) is 0. The second-order valence-electron chi connectivity index (χ2n) is 5.92. The molecule has 0 unspecified atom stereocenters. The fraction of sp³-hybridized carbons (Fsp3) is 0.438. The van der Waals surface area contributed by atoms with Crippen LogP contribution in [0.1, 0.15) is 25.8 Å². The van der Waals surface area contributed by atoms with Crippen molar-refractivity contribution in [3.63, 3.8) is 0 Å². The maximum Gasteiger partial charge on any atom is 0.236 e. The number of aromatic nitrogens is 2. The van der Waals surface area contributed by atoms with Crippen molar-refractivity contribution in [2.45, 2.75) is 26.2 Å². The highest BCUT2D eigenvalue weighted by Gasteiger charge is 2.19. The summed E-state index contributed by atoms with van der Waals surface area (Å²) in [6.45, 7) is 6.79. The van der Waals surface area contributed by atoms with Crippen molar-refractivity contribution in [3.8, 4) is 5.75 Å². The normalized spacial score (nSPS) is 11.3. The number of hydrogen-bond donors (Lipinski definition) is 1. The van der Waals surface area contributed by atoms with E-state index in [1.165, 1.54) is 23.1 Å². The van der Waals surface area contributed by atoms with Crippen LogP contribution in [0.5, 0.6) is 5.75 Å². The van der Waals surface area contributed by atoms with Gasteiger partial charge < -0.3 is 4.74 Å². The SMILES string of the molecule is CC(C)(C)c1nnc(NC(=O)CSCCOc2ccccc2)s1. The van der Waals surface area contributed by atoms with Crippen LogP contribution in [0.15, 0.2) is 30.3 Å². The van der Waals surface area contributed by atoms with Crippen LogP contribution >= 0.6 is 23.1 Å². The number of para-hydroxylation sites is 1. The number of amides is 1. The van der Waals surface area contributed by atoms with E-state index in [1.807, 2.05) is 30.3 Å². The van der Waals surface area contributed by atoms with Crippen molar-refractivity contribution in [1.29, 1.82) is 0 Å². The number of ether oxygens (including phenoxy) is 1. The molecule has 1 N–H and O–H groups in total. The van der Waals surface area contributed by atoms with Gasteiger partial charge in [-0.15, -0.1) is 22.0 Å². The molecule has 0 spiro atoms. The first-order valence-corrected chi connectivity index (χ1v) is 9.32. The van der Waals surface area contributed by atoms with Crippen LogP contribution in [0.25, 0.3) is 0 Å². The highest BCUT2D eigenvalue weighted by Crippen LogP contribution is 2.27. The van der Waals surface area contributed by atoms with E-state index in [9.17, 15) is 4.79 Å². The maximum absolute atomic E-state index is 11.9. The molecule has 0 aliphatic carbocycles. The monoisotopic (exact) mass is 351 g/mol. The predicted molar refractivity (Wildman–Crippen MR) is 96.5 cm³/mol. The molecule has 0 fully saturated rings. The highest BCUT2D eigenvalue weighted by molar-refractivity contribution is 7.99. The van der Waals surface area contributed by atoms with Gasteiger partial charge in [0.15, 0.2) is 0 Å². The van der Waals surface area contributed by atoms with Crippen LogP contribution in [-0.4, -0.2) is 34.2 Å². The second-order valence-corrected chi connectivity index (χ2v) is 8.01. The summed E-state index contributed by atoms with van der Waals surface area (Å²) in [6.07, 6.45) is 0. The third kappa shape index (κ3) is 6.19. The van der Waals surface area contributed by atoms with Crippen LogP contribution in [0.3, 0.4) is 0 Å². The molecule has 0 radical (unpaired) electrons. The molecule has 2 rings (SSSR count). The van der Waals surface area contributed by atoms with Gasteiger partial charge in [-0.05, 0) is 12.1 Å². The molecule has 7 heteroatoms. The Labute approximate surface area is 144 Å². The average Bonchev–Trinajstić information content (AvgIpc) is 2.96. The summed E-state index contributed by atoms with van der Waals surface area (Å²) in [5.41, 5.74) is -0.0514. The van der Waals surface area contributed by atoms with Gasteiger partial charge in [0.1, 0.15) is 10.8 Å². The molecule has 1 aromatic carbocycles. The molecule has 1 amide bonds. The number of nitrogens with zero attached hydrogens (tertiary/aromatic N) is 2. The minimum Gasteiger partial charge on any atom is -0.493 e. The standard InChI is InChI=1S/C16H21N3O2S2/c1-16(2,3)14-18-19-15(23-14)17-13(20)11-22-10-9-21-12-7-5-4-6-8-12/h4-8H,9-11H2,1-3H3,(H,17,19,20). The molecular formula is C16H21N3O2S2. The topological polar surface area (TPSA) is 64.1 Å². The van der Waals surface area contributed by atoms with Crippen LogP contribution in [0, 0.1) is 0 Å². The molecule has 2 aromatic rings. The summed E-state index contributed by atoms with van der Waals surface area (Å²) >= 11 is 2.95. The van der Waals surface area contributed by atoms with Gasteiger partial charge in [-0.1, -0.05) is 50.3 Å². The number of carbonyl (C=O) groups is 1. The summed E-state index contributed by atoms with van der Waals surface area (Å²) in [4.78, 5) is 11.9. The second kappa shape index (κ2) is 8.31. The van der Waals surface area contributed by atoms with E-state index in [-0.39, 0.29) is 11.3 Å². The van der Waals surface area contributed by atoms with Crippen LogP contribution in [0.4, 0.5) is 5.13 Å². The Morgan fingerprint density at radius 2 is 2.00 bits per heavy atom. The van der Waals surface area contributed by atoms with E-state index in [0.717, 1.165) is 16.5 Å². The molecule has 1 aromatic heterocycles. The van der Waals surface area contributed by atoms with Gasteiger partial charge in [-0.3, -0.25) is 10.1 Å². The zero-order valence-electron chi connectivity index (χ0n) is 13.5. The Kier molecular flexibility index (Phi) is 6.41. The van der Waals surface area contributed by atoms with E-state index < -0.39 is 0 Å². The summed E-state index contributed by atoms with van der Waals surface area (Å²) in [5.74, 6) is 1.92. The quantitative estimate of drug-likeness (QED) is 0.772. The van der Waals surface area contributed by atoms with Gasteiger partial charge >= 0.3 is 0 Å². The molecule has 0 atom stereocenters. The van der Waals surface area contributed by atoms with Crippen molar-refractivity contribution in [2.75, 3.05) is 23.4 Å². The maximum atomic E-state index is 11.9. The minimum atomic E-state index is -0.0636. The van der Waals surface area contributed by atoms with E-state index in [4.69, 9.17) is 4.74 Å². The van der Waals surface area contributed by atoms with E-state index >= 15 is 0 Å². The van der Waals surface area contributed by atoms with Gasteiger partial charge in [0.05, 0.1) is 12.4 Å². The lowest BCUT2D eigenvalue weighted by Crippen LogP contribution is -2.15. The Morgan fingerprint density at radius 3 is 2.65 bits per heavy atom. The van der Waals surface area contributed by atoms with E-state index in [0.29, 0.717) is 17.5 Å². The lowest BCUT2D eigenvalue weighted by Gasteiger charge is -2.12. The molecular weight excluding hydrogens is 330 g/mol. The molecule has 5 nitrogen and oxygen atoms in total. The lowest BCUT2D eigenvalue weighted by molar-refractivity contribution is -0.113. The van der Waals surface area contributed by atoms with Crippen LogP contribution < -0.4 is 10.1 Å². The van der Waals surface area contributed by atoms with Crippen LogP contribution in [0.2, 0.25) is 0 Å². The number of benzene rings is 1. The van der Waals surface area contributed by atoms with Crippen molar-refractivity contribution in [1.82, 2.24) is 10.2 Å². The molecule has 124 valence electrons. The summed E-state index contributed by atoms with van der Waals surface area (Å²) in [6, 6.07) is 9.65. The first-order valence-electron chi connectivity index (χ1n) is 7.34. The smallest absolute Gasteiger partial charge is 0.236 e. The van der Waals surface area contributed by atoms with E-state index in [1.54, 1.807) is 0 Å². The predicted octanol–water partition coefficient (Wildman–Crippen LogP) is 3.59. The molecule has 0 aliphatic rings. The molecule has 1 heterocycles. The van der Waals surface area contributed by atoms with Crippen LogP contribution in [-0.2, 0) is 10.2 Å². The first kappa shape index (κ1) is 17.7. The van der Waals surface area contributed by atoms with Crippen molar-refractivity contribution >= 4 is 34.1 Å². The number of nitrogens with one attached hydrogen (secondary N) is 1.